The largest absolute Gasteiger partial charge is 0.286 e. The summed E-state index contributed by atoms with van der Waals surface area (Å²) in [5, 5.41) is 2.66. The molecule has 0 spiro atoms. The zero-order valence-corrected chi connectivity index (χ0v) is 15.9. The molecule has 25 heavy (non-hydrogen) atoms. The first-order valence-electron chi connectivity index (χ1n) is 8.86. The number of pyridine rings is 1. The van der Waals surface area contributed by atoms with Gasteiger partial charge in [0.05, 0.1) is 13.2 Å². The van der Waals surface area contributed by atoms with Gasteiger partial charge in [0.1, 0.15) is 11.0 Å². The summed E-state index contributed by atoms with van der Waals surface area (Å²) in [4.78, 5) is 0. The maximum atomic E-state index is 2.43. The zero-order valence-electron chi connectivity index (χ0n) is 15.9. The molecule has 2 nitrogen and oxygen atoms in total. The van der Waals surface area contributed by atoms with E-state index in [1.165, 1.54) is 55.4 Å². The smallest absolute Gasteiger partial charge is 0.236 e. The van der Waals surface area contributed by atoms with E-state index >= 15 is 0 Å². The predicted octanol–water partition coefficient (Wildman–Crippen LogP) is 5.15. The summed E-state index contributed by atoms with van der Waals surface area (Å²) in [6.07, 6.45) is 2.22. The Morgan fingerprint density at radius 2 is 1.52 bits per heavy atom. The maximum absolute atomic E-state index is 2.43. The van der Waals surface area contributed by atoms with Gasteiger partial charge in [0.25, 0.3) is 5.82 Å². The average Bonchev–Trinajstić information content (AvgIpc) is 2.88. The van der Waals surface area contributed by atoms with Crippen LogP contribution in [0.2, 0.25) is 0 Å². The molecular formula is C23H25N2+. The Kier molecular flexibility index (Phi) is 3.47. The highest BCUT2D eigenvalue weighted by Crippen LogP contribution is 2.34. The lowest BCUT2D eigenvalue weighted by Gasteiger charge is -2.09. The molecule has 4 rings (SSSR count). The number of hydrogen-bond donors (Lipinski definition) is 0. The van der Waals surface area contributed by atoms with Crippen LogP contribution in [0.5, 0.6) is 0 Å². The molecule has 2 heterocycles. The molecule has 0 bridgehead atoms. The van der Waals surface area contributed by atoms with Gasteiger partial charge in [0.2, 0.25) is 0 Å². The number of nitrogens with zero attached hydrogens (tertiary/aromatic N) is 2. The minimum absolute atomic E-state index is 1.21. The summed E-state index contributed by atoms with van der Waals surface area (Å²) < 4.78 is 4.67. The monoisotopic (exact) mass is 329 g/mol. The molecule has 0 aliphatic heterocycles. The van der Waals surface area contributed by atoms with Crippen molar-refractivity contribution >= 4 is 21.8 Å². The number of fused-ring (bicyclic) bond motifs is 3. The Balaban J connectivity index is 2.26. The third kappa shape index (κ3) is 2.28. The van der Waals surface area contributed by atoms with Gasteiger partial charge in [0.15, 0.2) is 0 Å². The van der Waals surface area contributed by atoms with Gasteiger partial charge in [-0.3, -0.25) is 0 Å². The maximum Gasteiger partial charge on any atom is 0.286 e. The van der Waals surface area contributed by atoms with Gasteiger partial charge in [-0.25, -0.2) is 4.57 Å². The van der Waals surface area contributed by atoms with Gasteiger partial charge >= 0.3 is 0 Å². The highest BCUT2D eigenvalue weighted by molar-refractivity contribution is 6.10. The van der Waals surface area contributed by atoms with E-state index in [-0.39, 0.29) is 0 Å². The van der Waals surface area contributed by atoms with Crippen LogP contribution in [0, 0.1) is 34.6 Å². The van der Waals surface area contributed by atoms with Crippen LogP contribution in [0.25, 0.3) is 27.6 Å². The van der Waals surface area contributed by atoms with Crippen LogP contribution in [0.15, 0.2) is 42.6 Å². The second-order valence-corrected chi connectivity index (χ2v) is 7.37. The van der Waals surface area contributed by atoms with E-state index in [4.69, 9.17) is 0 Å². The standard InChI is InChI=1S/C23H25N2/c1-14-7-10-21-20(11-14)19-9-8-15(2)18(5)23(19)25(21)22-12-16(3)17(4)13-24(22)6/h7-13H,1-6H3/q+1. The lowest BCUT2D eigenvalue weighted by molar-refractivity contribution is -0.665. The number of rotatable bonds is 1. The van der Waals surface area contributed by atoms with Gasteiger partial charge in [-0.1, -0.05) is 17.7 Å². The molecule has 0 amide bonds. The van der Waals surface area contributed by atoms with Crippen molar-refractivity contribution < 1.29 is 4.57 Å². The number of hydrogen-bond acceptors (Lipinski definition) is 0. The SMILES string of the molecule is Cc1ccc2c(c1)c1ccc(C)c(C)c1n2-c1cc(C)c(C)c[n+]1C. The predicted molar refractivity (Wildman–Crippen MR) is 106 cm³/mol. The van der Waals surface area contributed by atoms with Gasteiger partial charge < -0.3 is 0 Å². The van der Waals surface area contributed by atoms with Crippen molar-refractivity contribution in [1.82, 2.24) is 4.57 Å². The molecule has 126 valence electrons. The summed E-state index contributed by atoms with van der Waals surface area (Å²) in [5.41, 5.74) is 9.21. The van der Waals surface area contributed by atoms with E-state index < -0.39 is 0 Å². The molecule has 0 saturated heterocycles. The summed E-state index contributed by atoms with van der Waals surface area (Å²) in [7, 11) is 2.14. The summed E-state index contributed by atoms with van der Waals surface area (Å²) >= 11 is 0. The fourth-order valence-electron chi connectivity index (χ4n) is 3.82. The Hall–Kier alpha value is -2.61. The van der Waals surface area contributed by atoms with Crippen molar-refractivity contribution in [2.75, 3.05) is 0 Å². The first-order valence-corrected chi connectivity index (χ1v) is 8.86. The van der Waals surface area contributed by atoms with Crippen LogP contribution in [0.4, 0.5) is 0 Å². The Labute approximate surface area is 149 Å². The van der Waals surface area contributed by atoms with Gasteiger partial charge in [0, 0.05) is 16.8 Å². The third-order valence-corrected chi connectivity index (χ3v) is 5.55. The fourth-order valence-corrected chi connectivity index (χ4v) is 3.82. The number of aryl methyl sites for hydroxylation is 6. The third-order valence-electron chi connectivity index (χ3n) is 5.55. The highest BCUT2D eigenvalue weighted by Gasteiger charge is 2.23. The van der Waals surface area contributed by atoms with Crippen molar-refractivity contribution in [3.05, 3.63) is 70.4 Å². The fraction of sp³-hybridized carbons (Fsp3) is 0.261. The van der Waals surface area contributed by atoms with E-state index in [0.29, 0.717) is 0 Å². The molecule has 0 saturated carbocycles. The molecule has 2 aromatic carbocycles. The van der Waals surface area contributed by atoms with E-state index in [1.807, 2.05) is 0 Å². The zero-order chi connectivity index (χ0) is 17.9. The van der Waals surface area contributed by atoms with Crippen LogP contribution < -0.4 is 4.57 Å². The minimum Gasteiger partial charge on any atom is -0.236 e. The molecule has 2 heteroatoms. The van der Waals surface area contributed by atoms with Crippen molar-refractivity contribution in [2.24, 2.45) is 7.05 Å². The van der Waals surface area contributed by atoms with Crippen molar-refractivity contribution in [3.63, 3.8) is 0 Å². The van der Waals surface area contributed by atoms with Crippen molar-refractivity contribution in [3.8, 4) is 5.82 Å². The van der Waals surface area contributed by atoms with Crippen LogP contribution in [-0.2, 0) is 7.05 Å². The molecule has 0 unspecified atom stereocenters. The molecule has 0 aliphatic carbocycles. The molecule has 0 N–H and O–H groups in total. The number of benzene rings is 2. The first-order chi connectivity index (χ1) is 11.9. The second kappa shape index (κ2) is 5.45. The molecule has 0 atom stereocenters. The van der Waals surface area contributed by atoms with Crippen LogP contribution in [0.1, 0.15) is 27.8 Å². The van der Waals surface area contributed by atoms with E-state index in [2.05, 4.69) is 93.4 Å². The summed E-state index contributed by atoms with van der Waals surface area (Å²) in [5.74, 6) is 1.21. The van der Waals surface area contributed by atoms with Crippen molar-refractivity contribution in [2.45, 2.75) is 34.6 Å². The van der Waals surface area contributed by atoms with Gasteiger partial charge in [-0.15, -0.1) is 0 Å². The average molecular weight is 329 g/mol. The molecular weight excluding hydrogens is 304 g/mol. The van der Waals surface area contributed by atoms with Crippen molar-refractivity contribution in [1.29, 1.82) is 0 Å². The van der Waals surface area contributed by atoms with Crippen LogP contribution >= 0.6 is 0 Å². The van der Waals surface area contributed by atoms with Crippen LogP contribution in [0.3, 0.4) is 0 Å². The summed E-state index contributed by atoms with van der Waals surface area (Å²) in [6.45, 7) is 11.0. The quantitative estimate of drug-likeness (QED) is 0.427. The molecule has 0 aliphatic rings. The summed E-state index contributed by atoms with van der Waals surface area (Å²) in [6, 6.07) is 13.6. The van der Waals surface area contributed by atoms with E-state index in [1.54, 1.807) is 0 Å². The minimum atomic E-state index is 1.21. The lowest BCUT2D eigenvalue weighted by atomic mass is 10.0. The lowest BCUT2D eigenvalue weighted by Crippen LogP contribution is -2.34. The van der Waals surface area contributed by atoms with Gasteiger partial charge in [-0.2, -0.15) is 4.57 Å². The Morgan fingerprint density at radius 3 is 2.28 bits per heavy atom. The Bertz CT molecular complexity index is 1150. The molecule has 2 aromatic heterocycles. The molecule has 0 fully saturated rings. The second-order valence-electron chi connectivity index (χ2n) is 7.37. The molecule has 4 aromatic rings. The normalized spacial score (nSPS) is 11.6. The van der Waals surface area contributed by atoms with E-state index in [9.17, 15) is 0 Å². The topological polar surface area (TPSA) is 8.81 Å². The van der Waals surface area contributed by atoms with Gasteiger partial charge in [-0.05, 0) is 75.1 Å². The Morgan fingerprint density at radius 1 is 0.760 bits per heavy atom. The highest BCUT2D eigenvalue weighted by atomic mass is 15.1. The van der Waals surface area contributed by atoms with E-state index in [0.717, 1.165) is 0 Å². The molecule has 0 radical (unpaired) electrons. The van der Waals surface area contributed by atoms with Crippen LogP contribution in [-0.4, -0.2) is 4.57 Å². The number of aromatic nitrogens is 2. The first kappa shape index (κ1) is 15.9.